The lowest BCUT2D eigenvalue weighted by atomic mass is 10.1. The van der Waals surface area contributed by atoms with Gasteiger partial charge >= 0.3 is 0 Å². The zero-order chi connectivity index (χ0) is 12.1. The lowest BCUT2D eigenvalue weighted by Crippen LogP contribution is -2.35. The van der Waals surface area contributed by atoms with Crippen LogP contribution in [0, 0.1) is 5.92 Å². The van der Waals surface area contributed by atoms with Gasteiger partial charge in [-0.2, -0.15) is 0 Å². The van der Waals surface area contributed by atoms with Gasteiger partial charge in [0.05, 0.1) is 10.8 Å². The molecule has 16 heavy (non-hydrogen) atoms. The summed E-state index contributed by atoms with van der Waals surface area (Å²) in [4.78, 5) is 9.23. The number of hydrogen-bond acceptors (Lipinski definition) is 9. The van der Waals surface area contributed by atoms with Crippen molar-refractivity contribution >= 4 is 0 Å². The van der Waals surface area contributed by atoms with Gasteiger partial charge in [-0.1, -0.05) is 0 Å². The zero-order valence-electron chi connectivity index (χ0n) is 8.76. The highest BCUT2D eigenvalue weighted by atomic mass is 17.1. The number of rotatable bonds is 6. The Morgan fingerprint density at radius 1 is 1.00 bits per heavy atom. The minimum absolute atomic E-state index is 0.0832. The summed E-state index contributed by atoms with van der Waals surface area (Å²) >= 11 is 0. The molecule has 1 aliphatic carbocycles. The molecule has 1 aliphatic rings. The molecular formula is C7H16N2O7. The quantitative estimate of drug-likeness (QED) is 0.468. The molecule has 0 spiro atoms. The Kier molecular flexibility index (Phi) is 5.48. The van der Waals surface area contributed by atoms with Crippen molar-refractivity contribution in [3.63, 3.8) is 0 Å². The van der Waals surface area contributed by atoms with Gasteiger partial charge in [-0.25, -0.2) is 9.68 Å². The van der Waals surface area contributed by atoms with Crippen LogP contribution in [0.15, 0.2) is 0 Å². The number of nitrogens with zero attached hydrogens (tertiary/aromatic N) is 2. The van der Waals surface area contributed by atoms with Crippen molar-refractivity contribution in [2.24, 2.45) is 5.92 Å². The predicted octanol–water partition coefficient (Wildman–Crippen LogP) is -0.196. The van der Waals surface area contributed by atoms with Gasteiger partial charge in [0.1, 0.15) is 12.2 Å². The summed E-state index contributed by atoms with van der Waals surface area (Å²) in [5.41, 5.74) is 0. The molecule has 1 fully saturated rings. The first kappa shape index (κ1) is 13.7. The Morgan fingerprint density at radius 2 is 1.44 bits per heavy atom. The molecule has 0 heterocycles. The summed E-state index contributed by atoms with van der Waals surface area (Å²) in [6.07, 6.45) is -0.498. The SMILES string of the molecule is COC[C@H]1C[C@H](ON(O)O)[C@H](ON(O)O)C1. The van der Waals surface area contributed by atoms with Gasteiger partial charge in [0.25, 0.3) is 0 Å². The predicted molar refractivity (Wildman–Crippen MR) is 45.2 cm³/mol. The van der Waals surface area contributed by atoms with Crippen LogP contribution in [-0.2, 0) is 14.4 Å². The van der Waals surface area contributed by atoms with Crippen molar-refractivity contribution in [2.75, 3.05) is 13.7 Å². The van der Waals surface area contributed by atoms with E-state index in [1.54, 1.807) is 7.11 Å². The van der Waals surface area contributed by atoms with E-state index in [9.17, 15) is 0 Å². The minimum Gasteiger partial charge on any atom is -0.384 e. The third kappa shape index (κ3) is 4.25. The van der Waals surface area contributed by atoms with Crippen LogP contribution in [0.2, 0.25) is 0 Å². The second-order valence-electron chi connectivity index (χ2n) is 3.59. The molecule has 4 N–H and O–H groups in total. The van der Waals surface area contributed by atoms with E-state index in [1.807, 2.05) is 0 Å². The Labute approximate surface area is 91.7 Å². The van der Waals surface area contributed by atoms with E-state index in [0.29, 0.717) is 19.4 Å². The Morgan fingerprint density at radius 3 is 1.75 bits per heavy atom. The maximum atomic E-state index is 8.52. The average molecular weight is 240 g/mol. The van der Waals surface area contributed by atoms with E-state index in [0.717, 1.165) is 0 Å². The molecule has 9 nitrogen and oxygen atoms in total. The monoisotopic (exact) mass is 240 g/mol. The summed E-state index contributed by atoms with van der Waals surface area (Å²) < 4.78 is 4.94. The Hall–Kier alpha value is -0.360. The molecule has 0 aromatic carbocycles. The summed E-state index contributed by atoms with van der Waals surface area (Å²) in [7, 11) is 1.54. The molecular weight excluding hydrogens is 224 g/mol. The molecule has 0 unspecified atom stereocenters. The first-order valence-corrected chi connectivity index (χ1v) is 4.71. The molecule has 3 atom stereocenters. The number of hydrogen-bond donors (Lipinski definition) is 4. The lowest BCUT2D eigenvalue weighted by molar-refractivity contribution is -0.535. The minimum atomic E-state index is -0.697. The van der Waals surface area contributed by atoms with Crippen LogP contribution in [0.1, 0.15) is 12.8 Å². The Bertz CT molecular complexity index is 185. The maximum absolute atomic E-state index is 8.52. The molecule has 0 aromatic rings. The molecule has 9 heteroatoms. The fraction of sp³-hybridized carbons (Fsp3) is 1.00. The standard InChI is InChI=1S/C7H16N2O7/c1-14-4-5-2-6(15-8(10)11)7(3-5)16-9(12)13/h5-7,10-13H,2-4H2,1H3/t5-,6-,7+. The van der Waals surface area contributed by atoms with E-state index < -0.39 is 23.0 Å². The van der Waals surface area contributed by atoms with Gasteiger partial charge < -0.3 is 4.74 Å². The van der Waals surface area contributed by atoms with Crippen LogP contribution in [0.3, 0.4) is 0 Å². The van der Waals surface area contributed by atoms with Crippen molar-refractivity contribution in [1.82, 2.24) is 10.8 Å². The molecule has 0 radical (unpaired) electrons. The van der Waals surface area contributed by atoms with E-state index in [4.69, 9.17) is 25.6 Å². The van der Waals surface area contributed by atoms with Gasteiger partial charge in [0, 0.05) is 13.7 Å². The van der Waals surface area contributed by atoms with Crippen LogP contribution >= 0.6 is 0 Å². The normalized spacial score (nSPS) is 30.6. The summed E-state index contributed by atoms with van der Waals surface area (Å²) in [6.45, 7) is 0.452. The molecule has 0 aliphatic heterocycles. The van der Waals surface area contributed by atoms with E-state index in [2.05, 4.69) is 9.68 Å². The van der Waals surface area contributed by atoms with Gasteiger partial charge in [0.15, 0.2) is 0 Å². The van der Waals surface area contributed by atoms with Gasteiger partial charge in [-0.3, -0.25) is 20.8 Å². The third-order valence-electron chi connectivity index (χ3n) is 2.41. The van der Waals surface area contributed by atoms with Crippen molar-refractivity contribution in [1.29, 1.82) is 0 Å². The first-order chi connectivity index (χ1) is 7.52. The highest BCUT2D eigenvalue weighted by Gasteiger charge is 2.38. The second-order valence-corrected chi connectivity index (χ2v) is 3.59. The number of ether oxygens (including phenoxy) is 1. The molecule has 0 amide bonds. The second kappa shape index (κ2) is 6.39. The largest absolute Gasteiger partial charge is 0.384 e. The zero-order valence-corrected chi connectivity index (χ0v) is 8.76. The number of methoxy groups -OCH3 is 1. The first-order valence-electron chi connectivity index (χ1n) is 4.71. The van der Waals surface area contributed by atoms with Crippen molar-refractivity contribution in [3.8, 4) is 0 Å². The molecule has 0 saturated heterocycles. The maximum Gasteiger partial charge on any atom is 0.113 e. The van der Waals surface area contributed by atoms with Crippen LogP contribution in [-0.4, -0.2) is 57.5 Å². The summed E-state index contributed by atoms with van der Waals surface area (Å²) in [6, 6.07) is 0. The summed E-state index contributed by atoms with van der Waals surface area (Å²) in [5, 5.41) is 33.2. The highest BCUT2D eigenvalue weighted by molar-refractivity contribution is 4.84. The fourth-order valence-corrected chi connectivity index (χ4v) is 1.89. The topological polar surface area (TPSA) is 115 Å². The highest BCUT2D eigenvalue weighted by Crippen LogP contribution is 2.31. The molecule has 0 aromatic heterocycles. The Balaban J connectivity index is 2.49. The fourth-order valence-electron chi connectivity index (χ4n) is 1.89. The molecule has 1 rings (SSSR count). The van der Waals surface area contributed by atoms with E-state index in [-0.39, 0.29) is 5.92 Å². The van der Waals surface area contributed by atoms with Crippen LogP contribution < -0.4 is 0 Å². The van der Waals surface area contributed by atoms with Crippen molar-refractivity contribution < 1.29 is 35.2 Å². The van der Waals surface area contributed by atoms with Gasteiger partial charge in [0.2, 0.25) is 0 Å². The van der Waals surface area contributed by atoms with Crippen LogP contribution in [0.25, 0.3) is 0 Å². The van der Waals surface area contributed by atoms with Crippen molar-refractivity contribution in [3.05, 3.63) is 0 Å². The summed E-state index contributed by atoms with van der Waals surface area (Å²) in [5.74, 6) is 0.0832. The lowest BCUT2D eigenvalue weighted by Gasteiger charge is -2.20. The third-order valence-corrected chi connectivity index (χ3v) is 2.41. The molecule has 96 valence electrons. The van der Waals surface area contributed by atoms with E-state index in [1.165, 1.54) is 0 Å². The van der Waals surface area contributed by atoms with Gasteiger partial charge in [-0.05, 0) is 18.8 Å². The van der Waals surface area contributed by atoms with Crippen molar-refractivity contribution in [2.45, 2.75) is 25.0 Å². The van der Waals surface area contributed by atoms with Gasteiger partial charge in [-0.15, -0.1) is 0 Å². The van der Waals surface area contributed by atoms with Crippen LogP contribution in [0.4, 0.5) is 0 Å². The van der Waals surface area contributed by atoms with Crippen LogP contribution in [0.5, 0.6) is 0 Å². The smallest absolute Gasteiger partial charge is 0.113 e. The molecule has 1 saturated carbocycles. The van der Waals surface area contributed by atoms with E-state index >= 15 is 0 Å². The molecule has 0 bridgehead atoms. The average Bonchev–Trinajstić information content (AvgIpc) is 2.46.